The van der Waals surface area contributed by atoms with E-state index in [2.05, 4.69) is 5.43 Å². The van der Waals surface area contributed by atoms with Crippen LogP contribution in [0.4, 0.5) is 0 Å². The summed E-state index contributed by atoms with van der Waals surface area (Å²) in [5.74, 6) is -1.68. The van der Waals surface area contributed by atoms with Crippen LogP contribution in [0.15, 0.2) is 53.4 Å². The van der Waals surface area contributed by atoms with Gasteiger partial charge in [-0.3, -0.25) is 15.0 Å². The summed E-state index contributed by atoms with van der Waals surface area (Å²) in [6.45, 7) is 1.42. The maximum Gasteiger partial charge on any atom is 0.344 e. The molecule has 3 rings (SSSR count). The highest BCUT2D eigenvalue weighted by molar-refractivity contribution is 8.26. The number of phenols is 1. The van der Waals surface area contributed by atoms with E-state index in [0.29, 0.717) is 16.2 Å². The van der Waals surface area contributed by atoms with Crippen molar-refractivity contribution in [1.82, 2.24) is 10.4 Å². The smallest absolute Gasteiger partial charge is 0.344 e. The van der Waals surface area contributed by atoms with Gasteiger partial charge in [0.1, 0.15) is 11.5 Å². The SMILES string of the molecule is CC(Oc1ccc(/C=C2\SC(=S)N(NC(=O)c3ccc(O)cc3)C2=O)cc1)C(=O)O. The summed E-state index contributed by atoms with van der Waals surface area (Å²) in [6, 6.07) is 12.1. The van der Waals surface area contributed by atoms with E-state index in [1.165, 1.54) is 31.2 Å². The predicted octanol–water partition coefficient (Wildman–Crippen LogP) is 2.79. The summed E-state index contributed by atoms with van der Waals surface area (Å²) < 4.78 is 5.44. The number of aromatic hydroxyl groups is 1. The molecule has 30 heavy (non-hydrogen) atoms. The van der Waals surface area contributed by atoms with Gasteiger partial charge in [-0.15, -0.1) is 0 Å². The van der Waals surface area contributed by atoms with Gasteiger partial charge in [-0.25, -0.2) is 4.79 Å². The van der Waals surface area contributed by atoms with Gasteiger partial charge in [0.25, 0.3) is 11.8 Å². The maximum atomic E-state index is 12.6. The minimum atomic E-state index is -1.07. The normalized spacial score (nSPS) is 15.9. The Bertz CT molecular complexity index is 1030. The maximum absolute atomic E-state index is 12.6. The zero-order chi connectivity index (χ0) is 21.8. The number of thiocarbonyl (C=S) groups is 1. The number of phenolic OH excluding ortho intramolecular Hbond substituents is 1. The molecule has 1 heterocycles. The molecule has 2 aromatic carbocycles. The van der Waals surface area contributed by atoms with Crippen molar-refractivity contribution in [3.05, 3.63) is 64.6 Å². The van der Waals surface area contributed by atoms with Gasteiger partial charge < -0.3 is 14.9 Å². The Balaban J connectivity index is 1.69. The Labute approximate surface area is 181 Å². The number of aliphatic carboxylic acids is 1. The van der Waals surface area contributed by atoms with Crippen LogP contribution in [0, 0.1) is 0 Å². The monoisotopic (exact) mass is 444 g/mol. The molecule has 3 N–H and O–H groups in total. The van der Waals surface area contributed by atoms with Crippen molar-refractivity contribution in [2.45, 2.75) is 13.0 Å². The third-order valence-electron chi connectivity index (χ3n) is 3.98. The van der Waals surface area contributed by atoms with E-state index < -0.39 is 23.9 Å². The molecule has 0 radical (unpaired) electrons. The molecule has 8 nitrogen and oxygen atoms in total. The second kappa shape index (κ2) is 8.97. The fourth-order valence-electron chi connectivity index (χ4n) is 2.39. The first-order valence-corrected chi connectivity index (χ1v) is 9.84. The second-order valence-electron chi connectivity index (χ2n) is 6.17. The topological polar surface area (TPSA) is 116 Å². The number of amides is 2. The molecule has 1 fully saturated rings. The summed E-state index contributed by atoms with van der Waals surface area (Å²) in [5, 5.41) is 19.2. The van der Waals surface area contributed by atoms with Crippen molar-refractivity contribution in [1.29, 1.82) is 0 Å². The highest BCUT2D eigenvalue weighted by atomic mass is 32.2. The number of rotatable bonds is 6. The lowest BCUT2D eigenvalue weighted by Crippen LogP contribution is -2.44. The van der Waals surface area contributed by atoms with Crippen LogP contribution in [0.3, 0.4) is 0 Å². The molecule has 0 bridgehead atoms. The van der Waals surface area contributed by atoms with Gasteiger partial charge in [0.05, 0.1) is 4.91 Å². The van der Waals surface area contributed by atoms with Crippen LogP contribution in [0.1, 0.15) is 22.8 Å². The molecule has 1 atom stereocenters. The van der Waals surface area contributed by atoms with Gasteiger partial charge in [-0.2, -0.15) is 5.01 Å². The van der Waals surface area contributed by atoms with Gasteiger partial charge >= 0.3 is 5.97 Å². The van der Waals surface area contributed by atoms with E-state index in [0.717, 1.165) is 16.8 Å². The number of carboxylic acids is 1. The molecule has 10 heteroatoms. The number of carbonyl (C=O) groups excluding carboxylic acids is 2. The lowest BCUT2D eigenvalue weighted by Gasteiger charge is -2.15. The van der Waals surface area contributed by atoms with Crippen molar-refractivity contribution in [3.63, 3.8) is 0 Å². The Morgan fingerprint density at radius 3 is 2.40 bits per heavy atom. The third-order valence-corrected chi connectivity index (χ3v) is 5.28. The van der Waals surface area contributed by atoms with E-state index in [1.54, 1.807) is 30.3 Å². The van der Waals surface area contributed by atoms with Crippen LogP contribution in [0.2, 0.25) is 0 Å². The number of hydrogen-bond acceptors (Lipinski definition) is 7. The number of benzene rings is 2. The van der Waals surface area contributed by atoms with E-state index in [-0.39, 0.29) is 15.6 Å². The van der Waals surface area contributed by atoms with Crippen molar-refractivity contribution >= 4 is 52.2 Å². The van der Waals surface area contributed by atoms with Crippen LogP contribution in [-0.4, -0.2) is 43.4 Å². The summed E-state index contributed by atoms with van der Waals surface area (Å²) in [4.78, 5) is 36.1. The number of hydrogen-bond donors (Lipinski definition) is 3. The van der Waals surface area contributed by atoms with Gasteiger partial charge in [0, 0.05) is 5.56 Å². The molecular weight excluding hydrogens is 428 g/mol. The molecule has 154 valence electrons. The van der Waals surface area contributed by atoms with Crippen molar-refractivity contribution in [3.8, 4) is 11.5 Å². The largest absolute Gasteiger partial charge is 0.508 e. The number of carboxylic acid groups (broad SMARTS) is 1. The van der Waals surface area contributed by atoms with Gasteiger partial charge in [0.15, 0.2) is 10.4 Å². The molecule has 1 unspecified atom stereocenters. The summed E-state index contributed by atoms with van der Waals surface area (Å²) in [7, 11) is 0. The highest BCUT2D eigenvalue weighted by Gasteiger charge is 2.33. The first-order chi connectivity index (χ1) is 14.2. The number of carbonyl (C=O) groups is 3. The van der Waals surface area contributed by atoms with E-state index in [1.807, 2.05) is 0 Å². The quantitative estimate of drug-likeness (QED) is 0.460. The number of thioether (sulfide) groups is 1. The molecule has 1 saturated heterocycles. The summed E-state index contributed by atoms with van der Waals surface area (Å²) in [6.07, 6.45) is 0.625. The van der Waals surface area contributed by atoms with Crippen LogP contribution >= 0.6 is 24.0 Å². The molecule has 0 aliphatic carbocycles. The van der Waals surface area contributed by atoms with Crippen LogP contribution in [-0.2, 0) is 9.59 Å². The molecular formula is C20H16N2O6S2. The lowest BCUT2D eigenvalue weighted by atomic mass is 10.2. The molecule has 1 aliphatic rings. The van der Waals surface area contributed by atoms with Crippen LogP contribution in [0.25, 0.3) is 6.08 Å². The Morgan fingerprint density at radius 1 is 1.17 bits per heavy atom. The fraction of sp³-hybridized carbons (Fsp3) is 0.100. The minimum absolute atomic E-state index is 0.0222. The zero-order valence-electron chi connectivity index (χ0n) is 15.6. The standard InChI is InChI=1S/C20H16N2O6S2/c1-11(19(26)27)28-15-8-2-12(3-9-15)10-16-18(25)22(20(29)30-16)21-17(24)13-4-6-14(23)7-5-13/h2-11,23H,1H3,(H,21,24)(H,26,27)/b16-10-. The molecule has 0 aromatic heterocycles. The van der Waals surface area contributed by atoms with Crippen LogP contribution in [0.5, 0.6) is 11.5 Å². The van der Waals surface area contributed by atoms with Crippen molar-refractivity contribution < 1.29 is 29.3 Å². The zero-order valence-corrected chi connectivity index (χ0v) is 17.2. The Hall–Kier alpha value is -3.37. The first kappa shape index (κ1) is 21.3. The van der Waals surface area contributed by atoms with Gasteiger partial charge in [0.2, 0.25) is 0 Å². The average Bonchev–Trinajstić information content (AvgIpc) is 2.97. The molecule has 1 aliphatic heterocycles. The Kier molecular flexibility index (Phi) is 6.38. The third kappa shape index (κ3) is 4.97. The number of hydrazine groups is 1. The van der Waals surface area contributed by atoms with Crippen LogP contribution < -0.4 is 10.2 Å². The average molecular weight is 444 g/mol. The van der Waals surface area contributed by atoms with Crippen molar-refractivity contribution in [2.75, 3.05) is 0 Å². The van der Waals surface area contributed by atoms with E-state index in [9.17, 15) is 19.5 Å². The highest BCUT2D eigenvalue weighted by Crippen LogP contribution is 2.31. The summed E-state index contributed by atoms with van der Waals surface area (Å²) >= 11 is 6.23. The van der Waals surface area contributed by atoms with E-state index >= 15 is 0 Å². The predicted molar refractivity (Wildman–Crippen MR) is 115 cm³/mol. The number of nitrogens with zero attached hydrogens (tertiary/aromatic N) is 1. The molecule has 2 aromatic rings. The first-order valence-electron chi connectivity index (χ1n) is 8.62. The minimum Gasteiger partial charge on any atom is -0.508 e. The fourth-order valence-corrected chi connectivity index (χ4v) is 3.57. The summed E-state index contributed by atoms with van der Waals surface area (Å²) in [5.41, 5.74) is 3.39. The number of ether oxygens (including phenoxy) is 1. The van der Waals surface area contributed by atoms with Gasteiger partial charge in [-0.05, 0) is 67.2 Å². The van der Waals surface area contributed by atoms with Gasteiger partial charge in [-0.1, -0.05) is 23.9 Å². The molecule has 2 amide bonds. The molecule has 0 spiro atoms. The Morgan fingerprint density at radius 2 is 1.80 bits per heavy atom. The van der Waals surface area contributed by atoms with E-state index in [4.69, 9.17) is 22.1 Å². The second-order valence-corrected chi connectivity index (χ2v) is 7.85. The number of nitrogens with one attached hydrogen (secondary N) is 1. The lowest BCUT2D eigenvalue weighted by molar-refractivity contribution is -0.144. The van der Waals surface area contributed by atoms with Crippen molar-refractivity contribution in [2.24, 2.45) is 0 Å². The molecule has 0 saturated carbocycles.